The van der Waals surface area contributed by atoms with E-state index in [0.29, 0.717) is 37.5 Å². The molecule has 1 aliphatic heterocycles. The average Bonchev–Trinajstić information content (AvgIpc) is 2.76. The molecule has 0 unspecified atom stereocenters. The maximum absolute atomic E-state index is 13.2. The molecule has 1 aliphatic rings. The predicted octanol–water partition coefficient (Wildman–Crippen LogP) is 1.81. The molecule has 5 heteroatoms. The van der Waals surface area contributed by atoms with Gasteiger partial charge < -0.3 is 9.64 Å². The van der Waals surface area contributed by atoms with Crippen LogP contribution in [-0.4, -0.2) is 36.8 Å². The van der Waals surface area contributed by atoms with Crippen LogP contribution in [0.15, 0.2) is 18.3 Å². The molecule has 0 saturated carbocycles. The van der Waals surface area contributed by atoms with Crippen molar-refractivity contribution in [3.63, 3.8) is 0 Å². The summed E-state index contributed by atoms with van der Waals surface area (Å²) in [7, 11) is 0. The van der Waals surface area contributed by atoms with Gasteiger partial charge in [-0.2, -0.15) is 0 Å². The number of ether oxygens (including phenoxy) is 1. The number of carbonyl (C=O) groups is 1. The molecule has 0 radical (unpaired) electrons. The van der Waals surface area contributed by atoms with Crippen molar-refractivity contribution in [2.24, 2.45) is 0 Å². The molecular formula is C12H15FN2O2. The van der Waals surface area contributed by atoms with Crippen LogP contribution in [0.2, 0.25) is 0 Å². The molecule has 0 aromatic carbocycles. The molecule has 2 rings (SSSR count). The molecule has 2 heterocycles. The van der Waals surface area contributed by atoms with Crippen molar-refractivity contribution in [3.8, 4) is 0 Å². The molecule has 1 aromatic heterocycles. The van der Waals surface area contributed by atoms with Crippen LogP contribution in [0.5, 0.6) is 0 Å². The molecule has 1 atom stereocenters. The lowest BCUT2D eigenvalue weighted by atomic mass is 10.2. The van der Waals surface area contributed by atoms with E-state index in [1.165, 1.54) is 0 Å². The summed E-state index contributed by atoms with van der Waals surface area (Å²) in [6.07, 6.45) is 1.25. The van der Waals surface area contributed by atoms with Gasteiger partial charge in [-0.15, -0.1) is 0 Å². The fourth-order valence-electron chi connectivity index (χ4n) is 1.93. The third kappa shape index (κ3) is 2.54. The van der Waals surface area contributed by atoms with Crippen molar-refractivity contribution >= 4 is 11.8 Å². The Morgan fingerprint density at radius 3 is 3.18 bits per heavy atom. The Labute approximate surface area is 99.4 Å². The molecule has 92 valence electrons. The number of anilines is 1. The van der Waals surface area contributed by atoms with Crippen LogP contribution in [0.1, 0.15) is 23.7 Å². The second kappa shape index (κ2) is 5.12. The van der Waals surface area contributed by atoms with Crippen LogP contribution in [0, 0.1) is 0 Å². The van der Waals surface area contributed by atoms with Gasteiger partial charge >= 0.3 is 5.97 Å². The quantitative estimate of drug-likeness (QED) is 0.753. The number of hydrogen-bond donors (Lipinski definition) is 0. The van der Waals surface area contributed by atoms with E-state index < -0.39 is 12.1 Å². The number of esters is 1. The Balaban J connectivity index is 2.24. The second-order valence-corrected chi connectivity index (χ2v) is 3.93. The normalized spacial score (nSPS) is 19.4. The van der Waals surface area contributed by atoms with E-state index in [-0.39, 0.29) is 0 Å². The number of rotatable bonds is 3. The fourth-order valence-corrected chi connectivity index (χ4v) is 1.93. The SMILES string of the molecule is CCOC(=O)c1cccnc1N1CC[C@@H](F)C1. The van der Waals surface area contributed by atoms with Gasteiger partial charge in [0.25, 0.3) is 0 Å². The summed E-state index contributed by atoms with van der Waals surface area (Å²) >= 11 is 0. The lowest BCUT2D eigenvalue weighted by Gasteiger charge is -2.18. The van der Waals surface area contributed by atoms with Gasteiger partial charge in [-0.25, -0.2) is 14.2 Å². The maximum atomic E-state index is 13.2. The number of halogens is 1. The summed E-state index contributed by atoms with van der Waals surface area (Å²) < 4.78 is 18.1. The van der Waals surface area contributed by atoms with E-state index >= 15 is 0 Å². The zero-order chi connectivity index (χ0) is 12.3. The Hall–Kier alpha value is -1.65. The van der Waals surface area contributed by atoms with Gasteiger partial charge in [0.05, 0.1) is 13.2 Å². The highest BCUT2D eigenvalue weighted by Crippen LogP contribution is 2.23. The molecule has 1 saturated heterocycles. The zero-order valence-corrected chi connectivity index (χ0v) is 9.73. The van der Waals surface area contributed by atoms with E-state index in [1.54, 1.807) is 30.2 Å². The third-order valence-corrected chi connectivity index (χ3v) is 2.71. The lowest BCUT2D eigenvalue weighted by molar-refractivity contribution is 0.0526. The largest absolute Gasteiger partial charge is 0.462 e. The van der Waals surface area contributed by atoms with Crippen LogP contribution in [0.4, 0.5) is 10.2 Å². The van der Waals surface area contributed by atoms with Crippen molar-refractivity contribution in [2.45, 2.75) is 19.5 Å². The molecule has 4 nitrogen and oxygen atoms in total. The van der Waals surface area contributed by atoms with E-state index in [9.17, 15) is 9.18 Å². The highest BCUT2D eigenvalue weighted by Gasteiger charge is 2.26. The van der Waals surface area contributed by atoms with Gasteiger partial charge in [0, 0.05) is 12.7 Å². The summed E-state index contributed by atoms with van der Waals surface area (Å²) in [6, 6.07) is 3.34. The first-order chi connectivity index (χ1) is 8.22. The van der Waals surface area contributed by atoms with Gasteiger partial charge in [0.2, 0.25) is 0 Å². The Bertz CT molecular complexity index is 411. The summed E-state index contributed by atoms with van der Waals surface area (Å²) in [5.74, 6) is 0.115. The highest BCUT2D eigenvalue weighted by atomic mass is 19.1. The molecule has 0 aliphatic carbocycles. The molecular weight excluding hydrogens is 223 g/mol. The van der Waals surface area contributed by atoms with Gasteiger partial charge in [-0.3, -0.25) is 0 Å². The van der Waals surface area contributed by atoms with Crippen LogP contribution in [0.25, 0.3) is 0 Å². The first kappa shape index (κ1) is 11.8. The summed E-state index contributed by atoms with van der Waals surface area (Å²) in [4.78, 5) is 17.7. The van der Waals surface area contributed by atoms with Crippen molar-refractivity contribution in [1.82, 2.24) is 4.98 Å². The van der Waals surface area contributed by atoms with Crippen LogP contribution in [-0.2, 0) is 4.74 Å². The van der Waals surface area contributed by atoms with Gasteiger partial charge in [0.1, 0.15) is 17.6 Å². The molecule has 1 aromatic rings. The summed E-state index contributed by atoms with van der Waals surface area (Å²) in [5, 5.41) is 0. The standard InChI is InChI=1S/C12H15FN2O2/c1-2-17-12(16)10-4-3-6-14-11(10)15-7-5-9(13)8-15/h3-4,6,9H,2,5,7-8H2,1H3/t9-/m1/s1. The predicted molar refractivity (Wildman–Crippen MR) is 61.9 cm³/mol. The van der Waals surface area contributed by atoms with Gasteiger partial charge in [-0.05, 0) is 25.5 Å². The van der Waals surface area contributed by atoms with Gasteiger partial charge in [0.15, 0.2) is 0 Å². The monoisotopic (exact) mass is 238 g/mol. The Morgan fingerprint density at radius 1 is 1.71 bits per heavy atom. The van der Waals surface area contributed by atoms with Gasteiger partial charge in [-0.1, -0.05) is 0 Å². The second-order valence-electron chi connectivity index (χ2n) is 3.93. The zero-order valence-electron chi connectivity index (χ0n) is 9.73. The number of alkyl halides is 1. The molecule has 0 amide bonds. The maximum Gasteiger partial charge on any atom is 0.341 e. The topological polar surface area (TPSA) is 42.4 Å². The van der Waals surface area contributed by atoms with E-state index in [2.05, 4.69) is 4.98 Å². The fraction of sp³-hybridized carbons (Fsp3) is 0.500. The number of hydrogen-bond acceptors (Lipinski definition) is 4. The summed E-state index contributed by atoms with van der Waals surface area (Å²) in [6.45, 7) is 2.95. The molecule has 0 spiro atoms. The third-order valence-electron chi connectivity index (χ3n) is 2.71. The number of pyridine rings is 1. The molecule has 0 N–H and O–H groups in total. The number of aromatic nitrogens is 1. The van der Waals surface area contributed by atoms with E-state index in [0.717, 1.165) is 0 Å². The lowest BCUT2D eigenvalue weighted by Crippen LogP contribution is -2.24. The van der Waals surface area contributed by atoms with Crippen LogP contribution in [0.3, 0.4) is 0 Å². The van der Waals surface area contributed by atoms with E-state index in [1.807, 2.05) is 0 Å². The van der Waals surface area contributed by atoms with Crippen molar-refractivity contribution in [1.29, 1.82) is 0 Å². The highest BCUT2D eigenvalue weighted by molar-refractivity contribution is 5.94. The molecule has 0 bridgehead atoms. The first-order valence-corrected chi connectivity index (χ1v) is 5.73. The Morgan fingerprint density at radius 2 is 2.53 bits per heavy atom. The average molecular weight is 238 g/mol. The smallest absolute Gasteiger partial charge is 0.341 e. The van der Waals surface area contributed by atoms with Crippen molar-refractivity contribution in [2.75, 3.05) is 24.6 Å². The number of nitrogens with zero attached hydrogens (tertiary/aromatic N) is 2. The van der Waals surface area contributed by atoms with Crippen molar-refractivity contribution in [3.05, 3.63) is 23.9 Å². The minimum Gasteiger partial charge on any atom is -0.462 e. The minimum absolute atomic E-state index is 0.295. The Kier molecular flexibility index (Phi) is 3.56. The van der Waals surface area contributed by atoms with Crippen LogP contribution < -0.4 is 4.90 Å². The molecule has 1 fully saturated rings. The molecule has 17 heavy (non-hydrogen) atoms. The summed E-state index contributed by atoms with van der Waals surface area (Å²) in [5.41, 5.74) is 0.406. The van der Waals surface area contributed by atoms with E-state index in [4.69, 9.17) is 4.74 Å². The van der Waals surface area contributed by atoms with Crippen molar-refractivity contribution < 1.29 is 13.9 Å². The van der Waals surface area contributed by atoms with Crippen LogP contribution >= 0.6 is 0 Å². The first-order valence-electron chi connectivity index (χ1n) is 5.73. The number of carbonyl (C=O) groups excluding carboxylic acids is 1. The minimum atomic E-state index is -0.841.